The van der Waals surface area contributed by atoms with Crippen LogP contribution < -0.4 is 10.1 Å². The number of rotatable bonds is 7. The highest BCUT2D eigenvalue weighted by Gasteiger charge is 2.09. The van der Waals surface area contributed by atoms with Gasteiger partial charge in [0.15, 0.2) is 0 Å². The number of ether oxygens (including phenoxy) is 1. The third kappa shape index (κ3) is 5.07. The number of nitrogens with one attached hydrogen (secondary N) is 1. The SMILES string of the molecule is CC(C)Oc1cccc(C(C)NCc2cccc([N+](=O)[O-])c2)c1. The molecule has 2 rings (SSSR count). The summed E-state index contributed by atoms with van der Waals surface area (Å²) >= 11 is 0. The summed E-state index contributed by atoms with van der Waals surface area (Å²) in [7, 11) is 0. The van der Waals surface area contributed by atoms with Crippen LogP contribution in [0.25, 0.3) is 0 Å². The summed E-state index contributed by atoms with van der Waals surface area (Å²) in [5, 5.41) is 14.2. The monoisotopic (exact) mass is 314 g/mol. The van der Waals surface area contributed by atoms with Crippen LogP contribution in [0.3, 0.4) is 0 Å². The Kier molecular flexibility index (Phi) is 5.71. The van der Waals surface area contributed by atoms with E-state index in [4.69, 9.17) is 4.74 Å². The van der Waals surface area contributed by atoms with Crippen LogP contribution >= 0.6 is 0 Å². The second-order valence-electron chi connectivity index (χ2n) is 5.77. The van der Waals surface area contributed by atoms with Gasteiger partial charge in [-0.15, -0.1) is 0 Å². The smallest absolute Gasteiger partial charge is 0.269 e. The van der Waals surface area contributed by atoms with E-state index in [9.17, 15) is 10.1 Å². The van der Waals surface area contributed by atoms with Crippen molar-refractivity contribution < 1.29 is 9.66 Å². The Morgan fingerprint density at radius 3 is 2.57 bits per heavy atom. The van der Waals surface area contributed by atoms with E-state index in [1.807, 2.05) is 44.2 Å². The van der Waals surface area contributed by atoms with Crippen LogP contribution in [0.1, 0.15) is 37.9 Å². The summed E-state index contributed by atoms with van der Waals surface area (Å²) in [5.74, 6) is 0.849. The van der Waals surface area contributed by atoms with Gasteiger partial charge in [-0.05, 0) is 44.0 Å². The molecular weight excluding hydrogens is 292 g/mol. The van der Waals surface area contributed by atoms with E-state index < -0.39 is 0 Å². The second-order valence-corrected chi connectivity index (χ2v) is 5.77. The first-order valence-corrected chi connectivity index (χ1v) is 7.69. The fraction of sp³-hybridized carbons (Fsp3) is 0.333. The minimum Gasteiger partial charge on any atom is -0.491 e. The quantitative estimate of drug-likeness (QED) is 0.613. The zero-order chi connectivity index (χ0) is 16.8. The van der Waals surface area contributed by atoms with Crippen molar-refractivity contribution in [3.63, 3.8) is 0 Å². The van der Waals surface area contributed by atoms with Crippen LogP contribution in [0, 0.1) is 10.1 Å². The van der Waals surface area contributed by atoms with Crippen molar-refractivity contribution in [1.82, 2.24) is 5.32 Å². The lowest BCUT2D eigenvalue weighted by Gasteiger charge is -2.16. The maximum atomic E-state index is 10.8. The van der Waals surface area contributed by atoms with E-state index in [0.29, 0.717) is 6.54 Å². The standard InChI is InChI=1S/C18H22N2O3/c1-13(2)23-18-9-5-7-16(11-18)14(3)19-12-15-6-4-8-17(10-15)20(21)22/h4-11,13-14,19H,12H2,1-3H3. The summed E-state index contributed by atoms with van der Waals surface area (Å²) in [5.41, 5.74) is 2.12. The lowest BCUT2D eigenvalue weighted by atomic mass is 10.1. The van der Waals surface area contributed by atoms with Crippen LogP contribution in [0.4, 0.5) is 5.69 Å². The average Bonchev–Trinajstić information content (AvgIpc) is 2.52. The first-order chi connectivity index (χ1) is 11.0. The number of nitro groups is 1. The zero-order valence-electron chi connectivity index (χ0n) is 13.7. The predicted molar refractivity (Wildman–Crippen MR) is 90.6 cm³/mol. The molecule has 5 nitrogen and oxygen atoms in total. The van der Waals surface area contributed by atoms with Gasteiger partial charge in [0, 0.05) is 24.7 Å². The molecule has 0 saturated carbocycles. The molecule has 0 aliphatic heterocycles. The fourth-order valence-corrected chi connectivity index (χ4v) is 2.30. The maximum Gasteiger partial charge on any atom is 0.269 e. The van der Waals surface area contributed by atoms with Gasteiger partial charge in [0.25, 0.3) is 5.69 Å². The van der Waals surface area contributed by atoms with Crippen molar-refractivity contribution in [2.75, 3.05) is 0 Å². The molecule has 2 aromatic rings. The van der Waals surface area contributed by atoms with Crippen LogP contribution in [-0.4, -0.2) is 11.0 Å². The molecule has 0 spiro atoms. The number of hydrogen-bond acceptors (Lipinski definition) is 4. The summed E-state index contributed by atoms with van der Waals surface area (Å²) in [6, 6.07) is 14.8. The average molecular weight is 314 g/mol. The van der Waals surface area contributed by atoms with Gasteiger partial charge in [0.2, 0.25) is 0 Å². The van der Waals surface area contributed by atoms with E-state index in [2.05, 4.69) is 12.2 Å². The minimum absolute atomic E-state index is 0.115. The molecule has 5 heteroatoms. The molecule has 0 amide bonds. The van der Waals surface area contributed by atoms with E-state index in [0.717, 1.165) is 16.9 Å². The van der Waals surface area contributed by atoms with Gasteiger partial charge >= 0.3 is 0 Å². The van der Waals surface area contributed by atoms with Gasteiger partial charge in [-0.1, -0.05) is 24.3 Å². The molecule has 0 heterocycles. The highest BCUT2D eigenvalue weighted by molar-refractivity contribution is 5.34. The van der Waals surface area contributed by atoms with E-state index in [-0.39, 0.29) is 22.8 Å². The van der Waals surface area contributed by atoms with Crippen molar-refractivity contribution in [3.8, 4) is 5.75 Å². The number of hydrogen-bond donors (Lipinski definition) is 1. The molecule has 0 fully saturated rings. The van der Waals surface area contributed by atoms with Crippen LogP contribution in [0.5, 0.6) is 5.75 Å². The minimum atomic E-state index is -0.375. The lowest BCUT2D eigenvalue weighted by molar-refractivity contribution is -0.384. The Labute approximate surface area is 136 Å². The molecule has 0 saturated heterocycles. The molecule has 23 heavy (non-hydrogen) atoms. The lowest BCUT2D eigenvalue weighted by Crippen LogP contribution is -2.18. The number of nitro benzene ring substituents is 1. The molecule has 1 N–H and O–H groups in total. The molecule has 0 aliphatic rings. The Morgan fingerprint density at radius 2 is 1.87 bits per heavy atom. The zero-order valence-corrected chi connectivity index (χ0v) is 13.7. The first kappa shape index (κ1) is 17.0. The molecule has 0 aromatic heterocycles. The van der Waals surface area contributed by atoms with E-state index in [1.165, 1.54) is 6.07 Å². The van der Waals surface area contributed by atoms with Crippen LogP contribution in [-0.2, 0) is 6.54 Å². The molecule has 0 aliphatic carbocycles. The Hall–Kier alpha value is -2.40. The van der Waals surface area contributed by atoms with Gasteiger partial charge in [-0.2, -0.15) is 0 Å². The third-order valence-electron chi connectivity index (χ3n) is 3.46. The van der Waals surface area contributed by atoms with Gasteiger partial charge in [0.05, 0.1) is 11.0 Å². The normalized spacial score (nSPS) is 12.2. The topological polar surface area (TPSA) is 64.4 Å². The van der Waals surface area contributed by atoms with Gasteiger partial charge in [0.1, 0.15) is 5.75 Å². The van der Waals surface area contributed by atoms with E-state index >= 15 is 0 Å². The first-order valence-electron chi connectivity index (χ1n) is 7.69. The van der Waals surface area contributed by atoms with Gasteiger partial charge < -0.3 is 10.1 Å². The Balaban J connectivity index is 2.00. The highest BCUT2D eigenvalue weighted by atomic mass is 16.6. The molecule has 122 valence electrons. The van der Waals surface area contributed by atoms with Gasteiger partial charge in [-0.3, -0.25) is 10.1 Å². The van der Waals surface area contributed by atoms with Crippen molar-refractivity contribution in [2.45, 2.75) is 39.5 Å². The summed E-state index contributed by atoms with van der Waals surface area (Å²) in [4.78, 5) is 10.4. The number of non-ortho nitro benzene ring substituents is 1. The molecule has 1 atom stereocenters. The second kappa shape index (κ2) is 7.74. The van der Waals surface area contributed by atoms with Crippen molar-refractivity contribution in [3.05, 3.63) is 69.8 Å². The maximum absolute atomic E-state index is 10.8. The van der Waals surface area contributed by atoms with E-state index in [1.54, 1.807) is 12.1 Å². The molecule has 1 unspecified atom stereocenters. The predicted octanol–water partition coefficient (Wildman–Crippen LogP) is 4.23. The van der Waals surface area contributed by atoms with Crippen LogP contribution in [0.15, 0.2) is 48.5 Å². The Bertz CT molecular complexity index is 671. The molecule has 0 bridgehead atoms. The summed E-state index contributed by atoms with van der Waals surface area (Å²) in [6.45, 7) is 6.62. The van der Waals surface area contributed by atoms with Gasteiger partial charge in [-0.25, -0.2) is 0 Å². The highest BCUT2D eigenvalue weighted by Crippen LogP contribution is 2.21. The van der Waals surface area contributed by atoms with Crippen molar-refractivity contribution in [1.29, 1.82) is 0 Å². The summed E-state index contributed by atoms with van der Waals surface area (Å²) in [6.07, 6.45) is 0.137. The van der Waals surface area contributed by atoms with Crippen molar-refractivity contribution >= 4 is 5.69 Å². The number of benzene rings is 2. The Morgan fingerprint density at radius 1 is 1.13 bits per heavy atom. The third-order valence-corrected chi connectivity index (χ3v) is 3.46. The largest absolute Gasteiger partial charge is 0.491 e. The summed E-state index contributed by atoms with van der Waals surface area (Å²) < 4.78 is 5.71. The fourth-order valence-electron chi connectivity index (χ4n) is 2.30. The molecule has 2 aromatic carbocycles. The molecular formula is C18H22N2O3. The van der Waals surface area contributed by atoms with Crippen molar-refractivity contribution in [2.24, 2.45) is 0 Å². The van der Waals surface area contributed by atoms with Crippen LogP contribution in [0.2, 0.25) is 0 Å². The number of nitrogens with zero attached hydrogens (tertiary/aromatic N) is 1. The molecule has 0 radical (unpaired) electrons.